The Morgan fingerprint density at radius 1 is 1.17 bits per heavy atom. The first-order valence-electron chi connectivity index (χ1n) is 10.6. The molecule has 0 aromatic heterocycles. The van der Waals surface area contributed by atoms with Gasteiger partial charge in [-0.05, 0) is 43.5 Å². The van der Waals surface area contributed by atoms with E-state index in [4.69, 9.17) is 0 Å². The van der Waals surface area contributed by atoms with E-state index in [1.54, 1.807) is 12.1 Å². The van der Waals surface area contributed by atoms with E-state index < -0.39 is 10.8 Å². The summed E-state index contributed by atoms with van der Waals surface area (Å²) in [6.45, 7) is 5.10. The summed E-state index contributed by atoms with van der Waals surface area (Å²) in [4.78, 5) is 6.84. The third-order valence-electron chi connectivity index (χ3n) is 5.11. The van der Waals surface area contributed by atoms with E-state index in [1.165, 1.54) is 6.07 Å². The molecule has 0 bridgehead atoms. The van der Waals surface area contributed by atoms with E-state index in [2.05, 4.69) is 20.5 Å². The van der Waals surface area contributed by atoms with Crippen molar-refractivity contribution in [2.45, 2.75) is 31.6 Å². The molecule has 0 saturated carbocycles. The molecule has 1 aliphatic rings. The van der Waals surface area contributed by atoms with Gasteiger partial charge in [-0.15, -0.1) is 0 Å². The first-order valence-corrected chi connectivity index (χ1v) is 12.1. The number of hydrogen-bond donors (Lipinski definition) is 2. The van der Waals surface area contributed by atoms with Crippen molar-refractivity contribution in [2.75, 3.05) is 36.8 Å². The number of guanidine groups is 1. The molecular weight excluding hydrogens is 399 g/mol. The Kier molecular flexibility index (Phi) is 8.68. The third-order valence-corrected chi connectivity index (χ3v) is 6.41. The third kappa shape index (κ3) is 7.13. The highest BCUT2D eigenvalue weighted by atomic mass is 32.2. The maximum absolute atomic E-state index is 13.5. The molecule has 1 fully saturated rings. The standard InChI is InChI=1S/C23H31FN4OS/c1-2-25-23(26-13-16-30(29)18-19-7-4-3-5-8-19)27-21-11-14-28(15-12-21)22-10-6-9-20(24)17-22/h3-10,17,21H,2,11-16,18H2,1H3,(H2,25,26,27). The summed E-state index contributed by atoms with van der Waals surface area (Å²) >= 11 is 0. The van der Waals surface area contributed by atoms with E-state index in [0.29, 0.717) is 24.1 Å². The normalized spacial score (nSPS) is 16.3. The van der Waals surface area contributed by atoms with Gasteiger partial charge in [0.15, 0.2) is 5.96 Å². The number of halogens is 1. The summed E-state index contributed by atoms with van der Waals surface area (Å²) in [6, 6.07) is 17.0. The lowest BCUT2D eigenvalue weighted by Gasteiger charge is -2.34. The maximum Gasteiger partial charge on any atom is 0.191 e. The molecule has 2 aromatic rings. The lowest BCUT2D eigenvalue weighted by molar-refractivity contribution is 0.461. The van der Waals surface area contributed by atoms with E-state index in [-0.39, 0.29) is 5.82 Å². The van der Waals surface area contributed by atoms with Crippen LogP contribution in [0.2, 0.25) is 0 Å². The van der Waals surface area contributed by atoms with Gasteiger partial charge < -0.3 is 15.5 Å². The second-order valence-electron chi connectivity index (χ2n) is 7.42. The maximum atomic E-state index is 13.5. The fourth-order valence-corrected chi connectivity index (χ4v) is 4.56. The van der Waals surface area contributed by atoms with Crippen molar-refractivity contribution < 1.29 is 8.60 Å². The van der Waals surface area contributed by atoms with E-state index in [9.17, 15) is 8.60 Å². The van der Waals surface area contributed by atoms with Crippen LogP contribution in [0.15, 0.2) is 59.6 Å². The number of nitrogens with zero attached hydrogens (tertiary/aromatic N) is 2. The average Bonchev–Trinajstić information content (AvgIpc) is 2.75. The minimum absolute atomic E-state index is 0.195. The fraction of sp³-hybridized carbons (Fsp3) is 0.435. The average molecular weight is 431 g/mol. The van der Waals surface area contributed by atoms with Crippen LogP contribution in [-0.4, -0.2) is 48.1 Å². The lowest BCUT2D eigenvalue weighted by Crippen LogP contribution is -2.48. The molecule has 3 rings (SSSR count). The molecule has 0 aliphatic carbocycles. The number of benzene rings is 2. The van der Waals surface area contributed by atoms with Crippen LogP contribution in [0.1, 0.15) is 25.3 Å². The molecule has 7 heteroatoms. The molecule has 2 N–H and O–H groups in total. The summed E-state index contributed by atoms with van der Waals surface area (Å²) in [6.07, 6.45) is 1.92. The monoisotopic (exact) mass is 430 g/mol. The van der Waals surface area contributed by atoms with Gasteiger partial charge >= 0.3 is 0 Å². The van der Waals surface area contributed by atoms with Crippen molar-refractivity contribution in [1.82, 2.24) is 10.6 Å². The van der Waals surface area contributed by atoms with E-state index in [1.807, 2.05) is 43.3 Å². The van der Waals surface area contributed by atoms with Gasteiger partial charge in [-0.2, -0.15) is 0 Å². The van der Waals surface area contributed by atoms with Crippen LogP contribution in [0, 0.1) is 5.82 Å². The molecule has 0 spiro atoms. The fourth-order valence-electron chi connectivity index (χ4n) is 3.56. The molecule has 162 valence electrons. The number of rotatable bonds is 8. The van der Waals surface area contributed by atoms with Gasteiger partial charge in [-0.1, -0.05) is 36.4 Å². The number of anilines is 1. The van der Waals surface area contributed by atoms with Crippen LogP contribution >= 0.6 is 0 Å². The van der Waals surface area contributed by atoms with Crippen molar-refractivity contribution in [1.29, 1.82) is 0 Å². The SMILES string of the molecule is CCNC(=NCCS(=O)Cc1ccccc1)NC1CCN(c2cccc(F)c2)CC1. The van der Waals surface area contributed by atoms with Crippen LogP contribution in [0.4, 0.5) is 10.1 Å². The van der Waals surface area contributed by atoms with Crippen LogP contribution in [0.3, 0.4) is 0 Å². The van der Waals surface area contributed by atoms with Gasteiger partial charge in [0.05, 0.1) is 6.54 Å². The Bertz CT molecular complexity index is 838. The van der Waals surface area contributed by atoms with Gasteiger partial charge in [0.2, 0.25) is 0 Å². The van der Waals surface area contributed by atoms with Crippen molar-refractivity contribution in [3.05, 3.63) is 66.0 Å². The van der Waals surface area contributed by atoms with Crippen LogP contribution < -0.4 is 15.5 Å². The Labute approximate surface area is 181 Å². The van der Waals surface area contributed by atoms with Gasteiger partial charge in [0, 0.05) is 53.7 Å². The molecular formula is C23H31FN4OS. The topological polar surface area (TPSA) is 56.7 Å². The Morgan fingerprint density at radius 3 is 2.63 bits per heavy atom. The second kappa shape index (κ2) is 11.7. The van der Waals surface area contributed by atoms with E-state index >= 15 is 0 Å². The van der Waals surface area contributed by atoms with Crippen molar-refractivity contribution in [3.8, 4) is 0 Å². The van der Waals surface area contributed by atoms with Crippen molar-refractivity contribution in [2.24, 2.45) is 4.99 Å². The smallest absolute Gasteiger partial charge is 0.191 e. The van der Waals surface area contributed by atoms with Gasteiger partial charge in [-0.25, -0.2) is 4.39 Å². The molecule has 0 amide bonds. The summed E-state index contributed by atoms with van der Waals surface area (Å²) in [5.41, 5.74) is 2.03. The summed E-state index contributed by atoms with van der Waals surface area (Å²) in [7, 11) is -0.926. The number of hydrogen-bond acceptors (Lipinski definition) is 3. The van der Waals surface area contributed by atoms with Crippen molar-refractivity contribution >= 4 is 22.4 Å². The summed E-state index contributed by atoms with van der Waals surface area (Å²) in [5.74, 6) is 1.69. The summed E-state index contributed by atoms with van der Waals surface area (Å²) in [5, 5.41) is 6.78. The molecule has 1 atom stereocenters. The highest BCUT2D eigenvalue weighted by molar-refractivity contribution is 7.84. The number of piperidine rings is 1. The number of aliphatic imine (C=N–C) groups is 1. The quantitative estimate of drug-likeness (QED) is 0.498. The second-order valence-corrected chi connectivity index (χ2v) is 9.00. The zero-order valence-corrected chi connectivity index (χ0v) is 18.3. The van der Waals surface area contributed by atoms with E-state index in [0.717, 1.165) is 49.7 Å². The molecule has 1 aliphatic heterocycles. The number of nitrogens with one attached hydrogen (secondary N) is 2. The van der Waals surface area contributed by atoms with Crippen LogP contribution in [-0.2, 0) is 16.6 Å². The molecule has 2 aromatic carbocycles. The highest BCUT2D eigenvalue weighted by Gasteiger charge is 2.20. The van der Waals surface area contributed by atoms with Crippen LogP contribution in [0.25, 0.3) is 0 Å². The van der Waals surface area contributed by atoms with Crippen LogP contribution in [0.5, 0.6) is 0 Å². The predicted octanol–water partition coefficient (Wildman–Crippen LogP) is 3.30. The summed E-state index contributed by atoms with van der Waals surface area (Å²) < 4.78 is 25.8. The molecule has 5 nitrogen and oxygen atoms in total. The zero-order chi connectivity index (χ0) is 21.2. The van der Waals surface area contributed by atoms with Gasteiger partial charge in [0.25, 0.3) is 0 Å². The molecule has 0 radical (unpaired) electrons. The first kappa shape index (κ1) is 22.3. The van der Waals surface area contributed by atoms with Gasteiger partial charge in [0.1, 0.15) is 5.82 Å². The molecule has 1 saturated heterocycles. The zero-order valence-electron chi connectivity index (χ0n) is 17.5. The molecule has 1 unspecified atom stereocenters. The Morgan fingerprint density at radius 2 is 1.93 bits per heavy atom. The molecule has 30 heavy (non-hydrogen) atoms. The first-order chi connectivity index (χ1) is 14.6. The minimum atomic E-state index is -0.926. The highest BCUT2D eigenvalue weighted by Crippen LogP contribution is 2.20. The van der Waals surface area contributed by atoms with Gasteiger partial charge in [-0.3, -0.25) is 9.20 Å². The Hall–Kier alpha value is -2.41. The lowest BCUT2D eigenvalue weighted by atomic mass is 10.0. The minimum Gasteiger partial charge on any atom is -0.371 e. The largest absolute Gasteiger partial charge is 0.371 e. The Balaban J connectivity index is 1.45. The van der Waals surface area contributed by atoms with Crippen molar-refractivity contribution in [3.63, 3.8) is 0 Å². The predicted molar refractivity (Wildman–Crippen MR) is 124 cm³/mol. The molecule has 1 heterocycles.